The Kier molecular flexibility index (Phi) is 5.48. The summed E-state index contributed by atoms with van der Waals surface area (Å²) >= 11 is 7.45. The minimum Gasteiger partial charge on any atom is -0.457 e. The van der Waals surface area contributed by atoms with Gasteiger partial charge in [0.2, 0.25) is 5.91 Å². The van der Waals surface area contributed by atoms with Crippen molar-refractivity contribution in [1.29, 1.82) is 0 Å². The van der Waals surface area contributed by atoms with Gasteiger partial charge in [-0.15, -0.1) is 0 Å². The molecule has 2 heterocycles. The predicted molar refractivity (Wildman–Crippen MR) is 114 cm³/mol. The Hall–Kier alpha value is -2.57. The molecule has 29 heavy (non-hydrogen) atoms. The average Bonchev–Trinajstić information content (AvgIpc) is 3.00. The second-order valence-corrected chi connectivity index (χ2v) is 8.62. The maximum atomic E-state index is 13.1. The molecule has 2 aliphatic heterocycles. The van der Waals surface area contributed by atoms with Crippen LogP contribution in [-0.2, 0) is 20.9 Å². The molecule has 0 radical (unpaired) electrons. The van der Waals surface area contributed by atoms with E-state index in [0.29, 0.717) is 21.5 Å². The number of amidine groups is 1. The van der Waals surface area contributed by atoms with Crippen LogP contribution in [0.25, 0.3) is 0 Å². The van der Waals surface area contributed by atoms with Crippen LogP contribution in [0.5, 0.6) is 0 Å². The molecular weight excluding hydrogens is 408 g/mol. The van der Waals surface area contributed by atoms with Crippen LogP contribution in [-0.4, -0.2) is 27.2 Å². The van der Waals surface area contributed by atoms with E-state index in [2.05, 4.69) is 4.99 Å². The second kappa shape index (κ2) is 8.05. The number of allylic oxidation sites excluding steroid dienone is 1. The number of esters is 1. The Bertz CT molecular complexity index is 1020. The van der Waals surface area contributed by atoms with Gasteiger partial charge < -0.3 is 4.74 Å². The lowest BCUT2D eigenvalue weighted by atomic mass is 9.94. The van der Waals surface area contributed by atoms with Crippen molar-refractivity contribution in [2.75, 3.05) is 0 Å². The molecule has 1 saturated heterocycles. The molecule has 0 bridgehead atoms. The molecule has 7 heteroatoms. The number of rotatable bonds is 4. The van der Waals surface area contributed by atoms with Crippen LogP contribution >= 0.6 is 23.4 Å². The van der Waals surface area contributed by atoms with E-state index in [1.165, 1.54) is 11.8 Å². The van der Waals surface area contributed by atoms with Crippen LogP contribution in [0.1, 0.15) is 31.0 Å². The van der Waals surface area contributed by atoms with Gasteiger partial charge in [0.15, 0.2) is 5.17 Å². The fraction of sp³-hybridized carbons (Fsp3) is 0.227. The minimum atomic E-state index is -0.590. The summed E-state index contributed by atoms with van der Waals surface area (Å²) < 4.78 is 5.59. The Morgan fingerprint density at radius 2 is 1.86 bits per heavy atom. The Labute approximate surface area is 178 Å². The molecule has 0 N–H and O–H groups in total. The fourth-order valence-corrected chi connectivity index (χ4v) is 4.58. The number of amides is 1. The first-order valence-electron chi connectivity index (χ1n) is 9.21. The van der Waals surface area contributed by atoms with Gasteiger partial charge in [0.05, 0.1) is 22.6 Å². The molecule has 0 aromatic heterocycles. The average molecular weight is 427 g/mol. The molecule has 148 valence electrons. The summed E-state index contributed by atoms with van der Waals surface area (Å²) in [5, 5.41) is 0.943. The van der Waals surface area contributed by atoms with Gasteiger partial charge in [0, 0.05) is 5.02 Å². The fourth-order valence-electron chi connectivity index (χ4n) is 3.43. The highest BCUT2D eigenvalue weighted by Gasteiger charge is 2.46. The quantitative estimate of drug-likeness (QED) is 0.663. The van der Waals surface area contributed by atoms with Crippen molar-refractivity contribution in [3.05, 3.63) is 82.0 Å². The number of carbonyl (C=O) groups excluding carboxylic acids is 2. The zero-order valence-electron chi connectivity index (χ0n) is 16.0. The maximum absolute atomic E-state index is 13.1. The number of carbonyl (C=O) groups is 2. The number of ether oxygens (including phenoxy) is 1. The Balaban J connectivity index is 1.71. The van der Waals surface area contributed by atoms with E-state index in [-0.39, 0.29) is 17.8 Å². The van der Waals surface area contributed by atoms with E-state index in [4.69, 9.17) is 16.3 Å². The monoisotopic (exact) mass is 426 g/mol. The van der Waals surface area contributed by atoms with Crippen LogP contribution in [0, 0.1) is 0 Å². The second-order valence-electron chi connectivity index (χ2n) is 6.88. The molecule has 2 aliphatic rings. The van der Waals surface area contributed by atoms with Gasteiger partial charge in [-0.25, -0.2) is 9.79 Å². The molecule has 2 aromatic rings. The maximum Gasteiger partial charge on any atom is 0.338 e. The lowest BCUT2D eigenvalue weighted by Crippen LogP contribution is -2.40. The summed E-state index contributed by atoms with van der Waals surface area (Å²) in [6.07, 6.45) is 0. The van der Waals surface area contributed by atoms with Gasteiger partial charge >= 0.3 is 5.97 Å². The number of aliphatic imine (C=N–C) groups is 1. The third kappa shape index (κ3) is 3.82. The van der Waals surface area contributed by atoms with Crippen molar-refractivity contribution < 1.29 is 14.3 Å². The number of hydrogen-bond donors (Lipinski definition) is 0. The van der Waals surface area contributed by atoms with Crippen LogP contribution in [0.4, 0.5) is 0 Å². The van der Waals surface area contributed by atoms with Crippen LogP contribution in [0.3, 0.4) is 0 Å². The number of thioether (sulfide) groups is 1. The number of halogens is 1. The molecule has 1 amide bonds. The molecule has 4 rings (SSSR count). The van der Waals surface area contributed by atoms with Crippen molar-refractivity contribution >= 4 is 40.4 Å². The zero-order chi connectivity index (χ0) is 20.5. The Morgan fingerprint density at radius 3 is 2.55 bits per heavy atom. The number of hydrogen-bond acceptors (Lipinski definition) is 5. The minimum absolute atomic E-state index is 0.0745. The van der Waals surface area contributed by atoms with Crippen molar-refractivity contribution in [1.82, 2.24) is 4.90 Å². The lowest BCUT2D eigenvalue weighted by Gasteiger charge is -2.33. The Morgan fingerprint density at radius 1 is 1.17 bits per heavy atom. The number of nitrogens with zero attached hydrogens (tertiary/aromatic N) is 2. The molecule has 0 saturated carbocycles. The highest BCUT2D eigenvalue weighted by molar-refractivity contribution is 8.15. The van der Waals surface area contributed by atoms with E-state index in [1.807, 2.05) is 49.4 Å². The van der Waals surface area contributed by atoms with Crippen molar-refractivity contribution in [2.45, 2.75) is 31.7 Å². The zero-order valence-corrected chi connectivity index (χ0v) is 17.5. The van der Waals surface area contributed by atoms with Crippen LogP contribution in [0.2, 0.25) is 5.02 Å². The van der Waals surface area contributed by atoms with Gasteiger partial charge in [0.25, 0.3) is 0 Å². The van der Waals surface area contributed by atoms with E-state index in [9.17, 15) is 9.59 Å². The largest absolute Gasteiger partial charge is 0.457 e. The summed E-state index contributed by atoms with van der Waals surface area (Å²) in [5.74, 6) is -0.555. The standard InChI is InChI=1S/C22H19ClN2O3S/c1-13-18(21(27)28-12-15-6-4-3-5-7-15)19(16-8-10-17(23)11-9-16)25-20(26)14(2)29-22(25)24-13/h3-11,14,19H,12H2,1-2H3. The normalized spacial score (nSPS) is 21.1. The third-order valence-corrected chi connectivity index (χ3v) is 6.18. The van der Waals surface area contributed by atoms with Gasteiger partial charge in [0.1, 0.15) is 6.61 Å². The van der Waals surface area contributed by atoms with E-state index >= 15 is 0 Å². The molecule has 5 nitrogen and oxygen atoms in total. The third-order valence-electron chi connectivity index (χ3n) is 4.88. The number of fused-ring (bicyclic) bond motifs is 1. The molecule has 2 unspecified atom stereocenters. The van der Waals surface area contributed by atoms with Gasteiger partial charge in [-0.3, -0.25) is 9.69 Å². The summed E-state index contributed by atoms with van der Waals surface area (Å²) in [5.41, 5.74) is 2.61. The van der Waals surface area contributed by atoms with Crippen LogP contribution < -0.4 is 0 Å². The molecule has 2 atom stereocenters. The molecule has 0 aliphatic carbocycles. The molecule has 2 aromatic carbocycles. The van der Waals surface area contributed by atoms with Crippen molar-refractivity contribution in [2.24, 2.45) is 4.99 Å². The highest BCUT2D eigenvalue weighted by atomic mass is 35.5. The lowest BCUT2D eigenvalue weighted by molar-refractivity contribution is -0.141. The smallest absolute Gasteiger partial charge is 0.338 e. The topological polar surface area (TPSA) is 59.0 Å². The van der Waals surface area contributed by atoms with Crippen molar-refractivity contribution in [3.63, 3.8) is 0 Å². The first kappa shape index (κ1) is 19.7. The predicted octanol–water partition coefficient (Wildman–Crippen LogP) is 4.73. The summed E-state index contributed by atoms with van der Waals surface area (Å²) in [7, 11) is 0. The number of benzene rings is 2. The molecular formula is C22H19ClN2O3S. The molecule has 1 fully saturated rings. The van der Waals surface area contributed by atoms with Gasteiger partial charge in [-0.1, -0.05) is 65.8 Å². The first-order valence-corrected chi connectivity index (χ1v) is 10.5. The summed E-state index contributed by atoms with van der Waals surface area (Å²) in [6, 6.07) is 16.0. The van der Waals surface area contributed by atoms with E-state index < -0.39 is 12.0 Å². The van der Waals surface area contributed by atoms with E-state index in [0.717, 1.165) is 11.1 Å². The van der Waals surface area contributed by atoms with Gasteiger partial charge in [-0.2, -0.15) is 0 Å². The summed E-state index contributed by atoms with van der Waals surface area (Å²) in [6.45, 7) is 3.77. The van der Waals surface area contributed by atoms with Crippen LogP contribution in [0.15, 0.2) is 70.9 Å². The van der Waals surface area contributed by atoms with E-state index in [1.54, 1.807) is 24.0 Å². The van der Waals surface area contributed by atoms with Crippen molar-refractivity contribution in [3.8, 4) is 0 Å². The molecule has 0 spiro atoms. The SMILES string of the molecule is CC1=C(C(=O)OCc2ccccc2)C(c2ccc(Cl)cc2)N2C(=O)C(C)SC2=N1. The summed E-state index contributed by atoms with van der Waals surface area (Å²) in [4.78, 5) is 32.1. The first-order chi connectivity index (χ1) is 14.0. The van der Waals surface area contributed by atoms with Gasteiger partial charge in [-0.05, 0) is 37.1 Å². The highest BCUT2D eigenvalue weighted by Crippen LogP contribution is 2.43.